The van der Waals surface area contributed by atoms with Crippen molar-refractivity contribution < 1.29 is 13.6 Å². The van der Waals surface area contributed by atoms with E-state index in [4.69, 9.17) is 5.73 Å². The van der Waals surface area contributed by atoms with Crippen LogP contribution in [0.5, 0.6) is 0 Å². The minimum absolute atomic E-state index is 0.0111. The highest BCUT2D eigenvalue weighted by atomic mass is 19.1. The van der Waals surface area contributed by atoms with Crippen molar-refractivity contribution in [2.45, 2.75) is 45.6 Å². The summed E-state index contributed by atoms with van der Waals surface area (Å²) < 4.78 is 26.4. The van der Waals surface area contributed by atoms with E-state index in [1.165, 1.54) is 13.0 Å². The standard InChI is InChI=1S/C15H21F2NO/c1-10(8-15(18)11(2)19)4-3-5-12-9-13(16)6-7-14(12)17/h6-7,9-10,15H,3-5,8,18H2,1-2H3/t10-,15-/m0/s1. The molecule has 2 N–H and O–H groups in total. The van der Waals surface area contributed by atoms with E-state index in [0.717, 1.165) is 25.0 Å². The molecule has 0 bridgehead atoms. The molecule has 0 aliphatic rings. The molecule has 0 aromatic heterocycles. The van der Waals surface area contributed by atoms with Gasteiger partial charge in [0.25, 0.3) is 0 Å². The molecule has 0 saturated carbocycles. The number of halogens is 2. The maximum absolute atomic E-state index is 13.4. The molecule has 0 radical (unpaired) electrons. The lowest BCUT2D eigenvalue weighted by molar-refractivity contribution is -0.118. The highest BCUT2D eigenvalue weighted by Gasteiger charge is 2.13. The number of benzene rings is 1. The van der Waals surface area contributed by atoms with Crippen LogP contribution in [0.25, 0.3) is 0 Å². The molecule has 0 spiro atoms. The van der Waals surface area contributed by atoms with Crippen LogP contribution in [-0.4, -0.2) is 11.8 Å². The van der Waals surface area contributed by atoms with Crippen LogP contribution in [-0.2, 0) is 11.2 Å². The third-order valence-corrected chi connectivity index (χ3v) is 3.33. The third kappa shape index (κ3) is 5.47. The molecule has 19 heavy (non-hydrogen) atoms. The number of ketones is 1. The van der Waals surface area contributed by atoms with Crippen molar-refractivity contribution in [1.29, 1.82) is 0 Å². The summed E-state index contributed by atoms with van der Waals surface area (Å²) in [4.78, 5) is 11.0. The fourth-order valence-electron chi connectivity index (χ4n) is 2.09. The molecule has 0 heterocycles. The summed E-state index contributed by atoms with van der Waals surface area (Å²) in [5.74, 6) is -0.490. The van der Waals surface area contributed by atoms with Crippen LogP contribution in [0.3, 0.4) is 0 Å². The normalized spacial score (nSPS) is 14.2. The van der Waals surface area contributed by atoms with Crippen molar-refractivity contribution in [3.8, 4) is 0 Å². The van der Waals surface area contributed by atoms with Gasteiger partial charge in [-0.05, 0) is 55.9 Å². The maximum Gasteiger partial charge on any atom is 0.146 e. The second-order valence-electron chi connectivity index (χ2n) is 5.19. The van der Waals surface area contributed by atoms with E-state index in [1.807, 2.05) is 6.92 Å². The highest BCUT2D eigenvalue weighted by molar-refractivity contribution is 5.81. The Morgan fingerprint density at radius 1 is 1.37 bits per heavy atom. The Morgan fingerprint density at radius 2 is 2.05 bits per heavy atom. The first-order chi connectivity index (χ1) is 8.90. The smallest absolute Gasteiger partial charge is 0.146 e. The molecule has 2 atom stereocenters. The average molecular weight is 269 g/mol. The molecule has 4 heteroatoms. The molecular formula is C15H21F2NO. The van der Waals surface area contributed by atoms with Crippen molar-refractivity contribution in [2.24, 2.45) is 11.7 Å². The molecule has 0 saturated heterocycles. The van der Waals surface area contributed by atoms with Crippen LogP contribution in [0, 0.1) is 17.6 Å². The Kier molecular flexibility index (Phi) is 6.09. The van der Waals surface area contributed by atoms with Crippen molar-refractivity contribution in [3.63, 3.8) is 0 Å². The number of rotatable bonds is 7. The fourth-order valence-corrected chi connectivity index (χ4v) is 2.09. The molecule has 0 aliphatic carbocycles. The Labute approximate surface area is 113 Å². The lowest BCUT2D eigenvalue weighted by Crippen LogP contribution is -2.30. The van der Waals surface area contributed by atoms with Crippen LogP contribution in [0.4, 0.5) is 8.78 Å². The quantitative estimate of drug-likeness (QED) is 0.825. The number of carbonyl (C=O) groups excluding carboxylic acids is 1. The summed E-state index contributed by atoms with van der Waals surface area (Å²) >= 11 is 0. The van der Waals surface area contributed by atoms with E-state index in [-0.39, 0.29) is 11.6 Å². The van der Waals surface area contributed by atoms with Gasteiger partial charge in [0.15, 0.2) is 0 Å². The van der Waals surface area contributed by atoms with Gasteiger partial charge < -0.3 is 5.73 Å². The van der Waals surface area contributed by atoms with Crippen molar-refractivity contribution in [3.05, 3.63) is 35.4 Å². The summed E-state index contributed by atoms with van der Waals surface area (Å²) in [5.41, 5.74) is 6.09. The number of aryl methyl sites for hydroxylation is 1. The largest absolute Gasteiger partial charge is 0.322 e. The Morgan fingerprint density at radius 3 is 2.68 bits per heavy atom. The van der Waals surface area contributed by atoms with Gasteiger partial charge in [0.1, 0.15) is 17.4 Å². The second-order valence-corrected chi connectivity index (χ2v) is 5.19. The van der Waals surface area contributed by atoms with Crippen LogP contribution in [0.15, 0.2) is 18.2 Å². The lowest BCUT2D eigenvalue weighted by Gasteiger charge is -2.15. The number of nitrogens with two attached hydrogens (primary N) is 1. The topological polar surface area (TPSA) is 43.1 Å². The summed E-state index contributed by atoms with van der Waals surface area (Å²) in [5, 5.41) is 0. The van der Waals surface area contributed by atoms with Crippen LogP contribution < -0.4 is 5.73 Å². The molecular weight excluding hydrogens is 248 g/mol. The van der Waals surface area contributed by atoms with E-state index in [0.29, 0.717) is 24.3 Å². The third-order valence-electron chi connectivity index (χ3n) is 3.33. The van der Waals surface area contributed by atoms with Gasteiger partial charge in [-0.3, -0.25) is 4.79 Å². The Bertz CT molecular complexity index is 434. The van der Waals surface area contributed by atoms with E-state index in [1.54, 1.807) is 0 Å². The van der Waals surface area contributed by atoms with Crippen LogP contribution >= 0.6 is 0 Å². The SMILES string of the molecule is CC(=O)[C@@H](N)C[C@@H](C)CCCc1cc(F)ccc1F. The van der Waals surface area contributed by atoms with Crippen molar-refractivity contribution in [2.75, 3.05) is 0 Å². The predicted molar refractivity (Wildman–Crippen MR) is 71.7 cm³/mol. The molecule has 106 valence electrons. The molecule has 1 aromatic rings. The Hall–Kier alpha value is -1.29. The molecule has 1 rings (SSSR count). The van der Waals surface area contributed by atoms with Gasteiger partial charge in [-0.2, -0.15) is 0 Å². The van der Waals surface area contributed by atoms with Gasteiger partial charge in [-0.15, -0.1) is 0 Å². The molecule has 0 aliphatic heterocycles. The van der Waals surface area contributed by atoms with Crippen molar-refractivity contribution >= 4 is 5.78 Å². The first-order valence-corrected chi connectivity index (χ1v) is 6.60. The summed E-state index contributed by atoms with van der Waals surface area (Å²) in [6, 6.07) is 3.09. The monoisotopic (exact) mass is 269 g/mol. The van der Waals surface area contributed by atoms with E-state index in [9.17, 15) is 13.6 Å². The fraction of sp³-hybridized carbons (Fsp3) is 0.533. The van der Waals surface area contributed by atoms with Gasteiger partial charge >= 0.3 is 0 Å². The molecule has 0 fully saturated rings. The van der Waals surface area contributed by atoms with Gasteiger partial charge in [0, 0.05) is 0 Å². The maximum atomic E-state index is 13.4. The Balaban J connectivity index is 2.37. The van der Waals surface area contributed by atoms with E-state index < -0.39 is 11.9 Å². The van der Waals surface area contributed by atoms with Gasteiger partial charge in [-0.1, -0.05) is 13.3 Å². The number of hydrogen-bond acceptors (Lipinski definition) is 2. The van der Waals surface area contributed by atoms with E-state index in [2.05, 4.69) is 0 Å². The molecule has 2 nitrogen and oxygen atoms in total. The van der Waals surface area contributed by atoms with E-state index >= 15 is 0 Å². The first kappa shape index (κ1) is 15.8. The summed E-state index contributed by atoms with van der Waals surface area (Å²) in [6.45, 7) is 3.50. The molecule has 0 unspecified atom stereocenters. The van der Waals surface area contributed by atoms with Gasteiger partial charge in [-0.25, -0.2) is 8.78 Å². The molecule has 0 amide bonds. The van der Waals surface area contributed by atoms with Gasteiger partial charge in [0.2, 0.25) is 0 Å². The van der Waals surface area contributed by atoms with Crippen LogP contribution in [0.1, 0.15) is 38.7 Å². The highest BCUT2D eigenvalue weighted by Crippen LogP contribution is 2.17. The summed E-state index contributed by atoms with van der Waals surface area (Å²) in [7, 11) is 0. The summed E-state index contributed by atoms with van der Waals surface area (Å²) in [6.07, 6.45) is 2.74. The minimum atomic E-state index is -0.416. The number of Topliss-reactive ketones (excluding diaryl/α,β-unsaturated/α-hetero) is 1. The van der Waals surface area contributed by atoms with Gasteiger partial charge in [0.05, 0.1) is 6.04 Å². The lowest BCUT2D eigenvalue weighted by atomic mass is 9.94. The minimum Gasteiger partial charge on any atom is -0.322 e. The zero-order valence-electron chi connectivity index (χ0n) is 11.5. The van der Waals surface area contributed by atoms with Crippen molar-refractivity contribution in [1.82, 2.24) is 0 Å². The van der Waals surface area contributed by atoms with Crippen LogP contribution in [0.2, 0.25) is 0 Å². The molecule has 1 aromatic carbocycles. The zero-order chi connectivity index (χ0) is 14.4. The predicted octanol–water partition coefficient (Wildman–Crippen LogP) is 3.23. The zero-order valence-corrected chi connectivity index (χ0v) is 11.5. The second kappa shape index (κ2) is 7.34. The number of hydrogen-bond donors (Lipinski definition) is 1. The first-order valence-electron chi connectivity index (χ1n) is 6.60. The number of carbonyl (C=O) groups is 1. The average Bonchev–Trinajstić information content (AvgIpc) is 2.33.